The number of hydrogen-bond acceptors (Lipinski definition) is 3. The molecule has 0 saturated carbocycles. The zero-order valence-electron chi connectivity index (χ0n) is 26.6. The maximum Gasteiger partial charge on any atom is 0.143 e. The molecule has 1 aromatic heterocycles. The SMILES string of the molecule is Clc1cccc(Cn2c(-c3cccc(Cl)c3Cl)nc(-c3ccccc3)c2-c2ccccc2)c1Cl.N=C(C(=N)c1ccccc1)c1ccccc1. The highest BCUT2D eigenvalue weighted by Gasteiger charge is 2.24. The quantitative estimate of drug-likeness (QED) is 0.150. The molecule has 7 rings (SSSR count). The Morgan fingerprint density at radius 1 is 0.500 bits per heavy atom. The van der Waals surface area contributed by atoms with Crippen molar-refractivity contribution in [1.82, 2.24) is 9.55 Å². The molecule has 0 fully saturated rings. The van der Waals surface area contributed by atoms with Crippen LogP contribution in [-0.2, 0) is 6.54 Å². The highest BCUT2D eigenvalue weighted by Crippen LogP contribution is 2.41. The first-order valence-electron chi connectivity index (χ1n) is 15.7. The van der Waals surface area contributed by atoms with Crippen LogP contribution in [0.4, 0.5) is 0 Å². The molecule has 50 heavy (non-hydrogen) atoms. The zero-order valence-corrected chi connectivity index (χ0v) is 29.6. The minimum absolute atomic E-state index is 0.256. The average molecular weight is 733 g/mol. The Hall–Kier alpha value is -4.97. The van der Waals surface area contributed by atoms with E-state index in [1.54, 1.807) is 12.1 Å². The van der Waals surface area contributed by atoms with E-state index >= 15 is 0 Å². The van der Waals surface area contributed by atoms with Gasteiger partial charge in [-0.1, -0.05) is 186 Å². The van der Waals surface area contributed by atoms with E-state index in [9.17, 15) is 0 Å². The molecular formula is C42H30Cl4N4. The average Bonchev–Trinajstić information content (AvgIpc) is 3.54. The Kier molecular flexibility index (Phi) is 11.3. The molecule has 0 radical (unpaired) electrons. The number of aromatic nitrogens is 2. The molecule has 0 unspecified atom stereocenters. The largest absolute Gasteiger partial charge is 0.319 e. The maximum absolute atomic E-state index is 7.95. The van der Waals surface area contributed by atoms with E-state index in [4.69, 9.17) is 62.2 Å². The van der Waals surface area contributed by atoms with Gasteiger partial charge < -0.3 is 4.57 Å². The van der Waals surface area contributed by atoms with Crippen molar-refractivity contribution in [2.75, 3.05) is 0 Å². The molecule has 0 aliphatic carbocycles. The number of halogens is 4. The van der Waals surface area contributed by atoms with E-state index in [-0.39, 0.29) is 11.4 Å². The van der Waals surface area contributed by atoms with Crippen LogP contribution >= 0.6 is 46.4 Å². The van der Waals surface area contributed by atoms with Gasteiger partial charge in [0.25, 0.3) is 0 Å². The van der Waals surface area contributed by atoms with Crippen LogP contribution in [0, 0.1) is 10.8 Å². The molecule has 8 heteroatoms. The normalized spacial score (nSPS) is 10.6. The highest BCUT2D eigenvalue weighted by molar-refractivity contribution is 6.51. The van der Waals surface area contributed by atoms with Gasteiger partial charge in [0.05, 0.1) is 49.4 Å². The van der Waals surface area contributed by atoms with E-state index < -0.39 is 0 Å². The van der Waals surface area contributed by atoms with Gasteiger partial charge in [-0.3, -0.25) is 10.8 Å². The molecule has 7 aromatic rings. The van der Waals surface area contributed by atoms with Crippen LogP contribution in [0.2, 0.25) is 20.1 Å². The topological polar surface area (TPSA) is 65.5 Å². The van der Waals surface area contributed by atoms with Gasteiger partial charge >= 0.3 is 0 Å². The Bertz CT molecular complexity index is 2200. The number of benzene rings is 6. The third kappa shape index (κ3) is 7.75. The molecule has 0 atom stereocenters. The van der Waals surface area contributed by atoms with E-state index in [1.165, 1.54) is 0 Å². The summed E-state index contributed by atoms with van der Waals surface area (Å²) in [6.07, 6.45) is 0. The van der Waals surface area contributed by atoms with Crippen LogP contribution in [0.1, 0.15) is 16.7 Å². The summed E-state index contributed by atoms with van der Waals surface area (Å²) in [6, 6.07) is 50.2. The van der Waals surface area contributed by atoms with Crippen LogP contribution in [0.25, 0.3) is 33.9 Å². The van der Waals surface area contributed by atoms with Gasteiger partial charge in [0.1, 0.15) is 5.82 Å². The fourth-order valence-corrected chi connectivity index (χ4v) is 6.28. The Labute approximate surface area is 311 Å². The lowest BCUT2D eigenvalue weighted by atomic mass is 10.0. The first-order valence-corrected chi connectivity index (χ1v) is 17.2. The van der Waals surface area contributed by atoms with E-state index in [2.05, 4.69) is 28.8 Å². The second-order valence-electron chi connectivity index (χ2n) is 11.2. The van der Waals surface area contributed by atoms with E-state index in [0.717, 1.165) is 44.8 Å². The standard InChI is InChI=1S/C28H18Cl4N2.C14H12N2/c29-22-15-7-13-20(24(22)31)17-34-27(19-11-5-2-6-12-19)26(18-9-3-1-4-10-18)33-28(34)21-14-8-16-23(30)25(21)32;15-13(11-7-3-1-4-8-11)14(16)12-9-5-2-6-10-12/h1-16H,17H2;1-10,15-16H. The molecule has 0 saturated heterocycles. The Balaban J connectivity index is 0.000000226. The molecule has 0 spiro atoms. The number of nitrogens with zero attached hydrogens (tertiary/aromatic N) is 2. The lowest BCUT2D eigenvalue weighted by Crippen LogP contribution is -2.14. The maximum atomic E-state index is 7.95. The molecule has 246 valence electrons. The summed E-state index contributed by atoms with van der Waals surface area (Å²) in [5, 5.41) is 17.8. The monoisotopic (exact) mass is 730 g/mol. The fraction of sp³-hybridized carbons (Fsp3) is 0.0238. The third-order valence-corrected chi connectivity index (χ3v) is 9.67. The zero-order chi connectivity index (χ0) is 35.0. The number of rotatable bonds is 8. The summed E-state index contributed by atoms with van der Waals surface area (Å²) in [4.78, 5) is 5.12. The predicted molar refractivity (Wildman–Crippen MR) is 211 cm³/mol. The second kappa shape index (κ2) is 16.2. The van der Waals surface area contributed by atoms with Crippen molar-refractivity contribution in [1.29, 1.82) is 10.8 Å². The molecule has 0 aliphatic rings. The van der Waals surface area contributed by atoms with E-state index in [1.807, 2.05) is 121 Å². The summed E-state index contributed by atoms with van der Waals surface area (Å²) >= 11 is 26.0. The molecule has 4 nitrogen and oxygen atoms in total. The van der Waals surface area contributed by atoms with Crippen LogP contribution in [0.3, 0.4) is 0 Å². The van der Waals surface area contributed by atoms with Crippen LogP contribution < -0.4 is 0 Å². The lowest BCUT2D eigenvalue weighted by Gasteiger charge is -2.16. The van der Waals surface area contributed by atoms with Gasteiger partial charge in [0.15, 0.2) is 0 Å². The molecule has 6 aromatic carbocycles. The first kappa shape index (κ1) is 34.9. The number of hydrogen-bond donors (Lipinski definition) is 2. The van der Waals surface area contributed by atoms with Crippen molar-refractivity contribution in [3.8, 4) is 33.9 Å². The number of nitrogens with one attached hydrogen (secondary N) is 2. The van der Waals surface area contributed by atoms with Gasteiger partial charge in [-0.05, 0) is 23.8 Å². The van der Waals surface area contributed by atoms with Crippen molar-refractivity contribution >= 4 is 57.8 Å². The van der Waals surface area contributed by atoms with Crippen molar-refractivity contribution < 1.29 is 0 Å². The molecule has 0 amide bonds. The fourth-order valence-electron chi connectivity index (χ4n) is 5.51. The summed E-state index contributed by atoms with van der Waals surface area (Å²) in [5.74, 6) is 0.696. The molecular weight excluding hydrogens is 702 g/mol. The van der Waals surface area contributed by atoms with Crippen molar-refractivity contribution in [3.05, 3.63) is 195 Å². The summed E-state index contributed by atoms with van der Waals surface area (Å²) in [6.45, 7) is 0.446. The Morgan fingerprint density at radius 2 is 0.960 bits per heavy atom. The van der Waals surface area contributed by atoms with Gasteiger partial charge in [-0.15, -0.1) is 0 Å². The van der Waals surface area contributed by atoms with E-state index in [0.29, 0.717) is 32.5 Å². The molecule has 2 N–H and O–H groups in total. The summed E-state index contributed by atoms with van der Waals surface area (Å²) in [7, 11) is 0. The first-order chi connectivity index (χ1) is 24.3. The van der Waals surface area contributed by atoms with Crippen LogP contribution in [0.5, 0.6) is 0 Å². The van der Waals surface area contributed by atoms with Gasteiger partial charge in [0, 0.05) is 27.8 Å². The minimum Gasteiger partial charge on any atom is -0.319 e. The van der Waals surface area contributed by atoms with Gasteiger partial charge in [-0.2, -0.15) is 0 Å². The highest BCUT2D eigenvalue weighted by atomic mass is 35.5. The second-order valence-corrected chi connectivity index (χ2v) is 12.8. The summed E-state index contributed by atoms with van der Waals surface area (Å²) < 4.78 is 2.13. The molecule has 0 aliphatic heterocycles. The third-order valence-electron chi connectivity index (χ3n) is 7.99. The van der Waals surface area contributed by atoms with Crippen molar-refractivity contribution in [3.63, 3.8) is 0 Å². The summed E-state index contributed by atoms with van der Waals surface area (Å²) in [5.41, 5.74) is 7.50. The van der Waals surface area contributed by atoms with Gasteiger partial charge in [0.2, 0.25) is 0 Å². The molecule has 1 heterocycles. The van der Waals surface area contributed by atoms with Gasteiger partial charge in [-0.25, -0.2) is 4.98 Å². The van der Waals surface area contributed by atoms with Crippen LogP contribution in [0.15, 0.2) is 158 Å². The lowest BCUT2D eigenvalue weighted by molar-refractivity contribution is 0.815. The molecule has 0 bridgehead atoms. The van der Waals surface area contributed by atoms with Crippen LogP contribution in [-0.4, -0.2) is 21.0 Å². The smallest absolute Gasteiger partial charge is 0.143 e. The predicted octanol–water partition coefficient (Wildman–Crippen LogP) is 12.7. The van der Waals surface area contributed by atoms with Crippen molar-refractivity contribution in [2.45, 2.75) is 6.54 Å². The minimum atomic E-state index is 0.256. The Morgan fingerprint density at radius 3 is 1.50 bits per heavy atom. The number of imidazole rings is 1. The van der Waals surface area contributed by atoms with Crippen molar-refractivity contribution in [2.24, 2.45) is 0 Å².